The van der Waals surface area contributed by atoms with Gasteiger partial charge in [0.1, 0.15) is 17.1 Å². The molecular weight excluding hydrogens is 286 g/mol. The Morgan fingerprint density at radius 2 is 2.14 bits per heavy atom. The summed E-state index contributed by atoms with van der Waals surface area (Å²) in [5.74, 6) is -0.798. The van der Waals surface area contributed by atoms with Crippen molar-refractivity contribution in [3.8, 4) is 5.75 Å². The van der Waals surface area contributed by atoms with E-state index in [0.29, 0.717) is 5.76 Å². The van der Waals surface area contributed by atoms with Crippen LogP contribution in [0.15, 0.2) is 27.6 Å². The van der Waals surface area contributed by atoms with E-state index < -0.39 is 11.4 Å². The molecule has 1 rings (SSSR count). The Labute approximate surface area is 129 Å². The van der Waals surface area contributed by atoms with Crippen LogP contribution in [0.25, 0.3) is 0 Å². The van der Waals surface area contributed by atoms with Crippen molar-refractivity contribution in [2.45, 2.75) is 39.5 Å². The molecule has 0 radical (unpaired) electrons. The summed E-state index contributed by atoms with van der Waals surface area (Å²) in [5, 5.41) is 9.96. The molecule has 0 saturated heterocycles. The number of hydroxylamine groups is 1. The first-order chi connectivity index (χ1) is 10.4. The summed E-state index contributed by atoms with van der Waals surface area (Å²) < 4.78 is 5.20. The second-order valence-electron chi connectivity index (χ2n) is 5.42. The van der Waals surface area contributed by atoms with Crippen LogP contribution in [0.3, 0.4) is 0 Å². The van der Waals surface area contributed by atoms with Gasteiger partial charge in [-0.1, -0.05) is 26.8 Å². The van der Waals surface area contributed by atoms with Gasteiger partial charge < -0.3 is 9.52 Å². The number of carbonyl (C=O) groups is 1. The molecule has 6 nitrogen and oxygen atoms in total. The van der Waals surface area contributed by atoms with Crippen LogP contribution in [0.5, 0.6) is 5.75 Å². The van der Waals surface area contributed by atoms with Crippen molar-refractivity contribution in [1.82, 2.24) is 5.48 Å². The van der Waals surface area contributed by atoms with Gasteiger partial charge in [-0.05, 0) is 12.8 Å². The number of nitrogens with one attached hydrogen (secondary N) is 1. The Hall–Kier alpha value is -2.08. The third kappa shape index (κ3) is 4.73. The second kappa shape index (κ2) is 8.38. The fraction of sp³-hybridized carbons (Fsp3) is 0.500. The van der Waals surface area contributed by atoms with Crippen LogP contribution in [0.2, 0.25) is 0 Å². The number of hydrogen-bond donors (Lipinski definition) is 2. The lowest BCUT2D eigenvalue weighted by Gasteiger charge is -2.11. The number of ketones is 1. The number of hydrogen-bond acceptors (Lipinski definition) is 6. The van der Waals surface area contributed by atoms with Crippen molar-refractivity contribution in [3.63, 3.8) is 0 Å². The van der Waals surface area contributed by atoms with Crippen LogP contribution < -0.4 is 11.1 Å². The molecule has 0 spiro atoms. The summed E-state index contributed by atoms with van der Waals surface area (Å²) >= 11 is 0. The van der Waals surface area contributed by atoms with Crippen molar-refractivity contribution in [2.24, 2.45) is 5.92 Å². The number of carbonyl (C=O) groups excluding carboxylic acids is 1. The highest BCUT2D eigenvalue weighted by molar-refractivity contribution is 5.99. The van der Waals surface area contributed by atoms with Crippen LogP contribution in [0.1, 0.15) is 55.6 Å². The fourth-order valence-corrected chi connectivity index (χ4v) is 1.95. The molecule has 0 fully saturated rings. The zero-order valence-corrected chi connectivity index (χ0v) is 13.4. The predicted molar refractivity (Wildman–Crippen MR) is 82.7 cm³/mol. The Kier molecular flexibility index (Phi) is 6.85. The Morgan fingerprint density at radius 3 is 2.68 bits per heavy atom. The van der Waals surface area contributed by atoms with Crippen LogP contribution >= 0.6 is 0 Å². The van der Waals surface area contributed by atoms with E-state index in [9.17, 15) is 14.7 Å². The van der Waals surface area contributed by atoms with Crippen LogP contribution in [0.4, 0.5) is 0 Å². The molecule has 1 aromatic heterocycles. The van der Waals surface area contributed by atoms with Gasteiger partial charge in [-0.15, -0.1) is 0 Å². The van der Waals surface area contributed by atoms with E-state index in [1.807, 2.05) is 13.0 Å². The number of Topliss-reactive ketones (excluding diaryl/α,β-unsaturated/α-hetero) is 1. The van der Waals surface area contributed by atoms with Crippen molar-refractivity contribution in [3.05, 3.63) is 40.1 Å². The van der Waals surface area contributed by atoms with Crippen LogP contribution in [-0.4, -0.2) is 18.0 Å². The first-order valence-corrected chi connectivity index (χ1v) is 7.23. The number of allylic oxidation sites excluding steroid dienone is 1. The Balaban J connectivity index is 2.85. The van der Waals surface area contributed by atoms with Crippen molar-refractivity contribution >= 4 is 5.78 Å². The molecule has 22 heavy (non-hydrogen) atoms. The highest BCUT2D eigenvalue weighted by Crippen LogP contribution is 2.25. The molecule has 1 aromatic rings. The highest BCUT2D eigenvalue weighted by Gasteiger charge is 2.22. The molecule has 122 valence electrons. The first kappa shape index (κ1) is 18.0. The van der Waals surface area contributed by atoms with Crippen molar-refractivity contribution < 1.29 is 19.2 Å². The molecular formula is C16H23NO5. The van der Waals surface area contributed by atoms with Gasteiger partial charge in [0.2, 0.25) is 0 Å². The normalized spacial score (nSPS) is 12.8. The highest BCUT2D eigenvalue weighted by atomic mass is 16.6. The standard InChI is InChI=1S/C16H23NO5/c1-10(2)15(19)14-12(18)9-13(22-16(14)20)11(3)7-5-6-8-17-21-4/h6,8-11,17-18H,5,7H2,1-4H3/b8-6-. The molecule has 0 aliphatic heterocycles. The molecule has 2 N–H and O–H groups in total. The maximum absolute atomic E-state index is 11.9. The average molecular weight is 309 g/mol. The lowest BCUT2D eigenvalue weighted by Crippen LogP contribution is -2.19. The van der Waals surface area contributed by atoms with Gasteiger partial charge in [-0.2, -0.15) is 0 Å². The molecule has 6 heteroatoms. The fourth-order valence-electron chi connectivity index (χ4n) is 1.95. The molecule has 0 aliphatic carbocycles. The third-order valence-electron chi connectivity index (χ3n) is 3.28. The van der Waals surface area contributed by atoms with Crippen LogP contribution in [0, 0.1) is 5.92 Å². The maximum atomic E-state index is 11.9. The van der Waals surface area contributed by atoms with Crippen molar-refractivity contribution in [1.29, 1.82) is 0 Å². The van der Waals surface area contributed by atoms with E-state index in [-0.39, 0.29) is 23.1 Å². The lowest BCUT2D eigenvalue weighted by atomic mass is 9.99. The summed E-state index contributed by atoms with van der Waals surface area (Å²) in [6, 6.07) is 1.36. The first-order valence-electron chi connectivity index (χ1n) is 7.23. The Morgan fingerprint density at radius 1 is 1.45 bits per heavy atom. The van der Waals surface area contributed by atoms with E-state index in [1.54, 1.807) is 20.0 Å². The lowest BCUT2D eigenvalue weighted by molar-refractivity contribution is 0.0931. The zero-order valence-electron chi connectivity index (χ0n) is 13.4. The minimum Gasteiger partial charge on any atom is -0.507 e. The second-order valence-corrected chi connectivity index (χ2v) is 5.42. The van der Waals surface area contributed by atoms with Gasteiger partial charge in [0.15, 0.2) is 5.78 Å². The van der Waals surface area contributed by atoms with E-state index in [1.165, 1.54) is 13.2 Å². The summed E-state index contributed by atoms with van der Waals surface area (Å²) in [6.45, 7) is 5.22. The summed E-state index contributed by atoms with van der Waals surface area (Å²) in [7, 11) is 1.52. The van der Waals surface area contributed by atoms with Gasteiger partial charge in [-0.3, -0.25) is 15.1 Å². The van der Waals surface area contributed by atoms with E-state index in [4.69, 9.17) is 4.42 Å². The van der Waals surface area contributed by atoms with Gasteiger partial charge in [0, 0.05) is 24.1 Å². The van der Waals surface area contributed by atoms with Crippen LogP contribution in [-0.2, 0) is 4.84 Å². The quantitative estimate of drug-likeness (QED) is 0.567. The molecule has 0 bridgehead atoms. The van der Waals surface area contributed by atoms with Gasteiger partial charge >= 0.3 is 5.63 Å². The maximum Gasteiger partial charge on any atom is 0.350 e. The molecule has 1 heterocycles. The average Bonchev–Trinajstić information content (AvgIpc) is 2.45. The van der Waals surface area contributed by atoms with Gasteiger partial charge in [0.25, 0.3) is 0 Å². The smallest absolute Gasteiger partial charge is 0.350 e. The number of aromatic hydroxyl groups is 1. The van der Waals surface area contributed by atoms with E-state index in [0.717, 1.165) is 12.8 Å². The minimum absolute atomic E-state index is 0.0611. The van der Waals surface area contributed by atoms with Gasteiger partial charge in [0.05, 0.1) is 7.11 Å². The molecule has 0 aliphatic rings. The number of rotatable bonds is 8. The zero-order chi connectivity index (χ0) is 16.7. The van der Waals surface area contributed by atoms with E-state index in [2.05, 4.69) is 10.3 Å². The molecule has 0 amide bonds. The molecule has 1 atom stereocenters. The van der Waals surface area contributed by atoms with E-state index >= 15 is 0 Å². The minimum atomic E-state index is -0.780. The summed E-state index contributed by atoms with van der Waals surface area (Å²) in [5.41, 5.74) is 1.53. The van der Waals surface area contributed by atoms with Crippen molar-refractivity contribution in [2.75, 3.05) is 7.11 Å². The molecule has 0 aromatic carbocycles. The molecule has 1 unspecified atom stereocenters. The third-order valence-corrected chi connectivity index (χ3v) is 3.28. The topological polar surface area (TPSA) is 88.8 Å². The summed E-state index contributed by atoms with van der Waals surface area (Å²) in [4.78, 5) is 28.5. The van der Waals surface area contributed by atoms with Gasteiger partial charge in [-0.25, -0.2) is 4.79 Å². The monoisotopic (exact) mass is 309 g/mol. The summed E-state index contributed by atoms with van der Waals surface area (Å²) in [6.07, 6.45) is 5.02. The Bertz CT molecular complexity index is 589. The largest absolute Gasteiger partial charge is 0.507 e. The SMILES string of the molecule is CON/C=C\CCC(C)c1cc(O)c(C(=O)C(C)C)c(=O)o1. The molecule has 0 saturated carbocycles. The predicted octanol–water partition coefficient (Wildman–Crippen LogP) is 2.73.